The number of aliphatic hydroxyl groups is 2. The molecule has 2 aliphatic rings. The molecule has 1 aromatic rings. The Morgan fingerprint density at radius 2 is 1.90 bits per heavy atom. The van der Waals surface area contributed by atoms with E-state index in [1.807, 2.05) is 42.2 Å². The van der Waals surface area contributed by atoms with E-state index in [4.69, 9.17) is 0 Å². The lowest BCUT2D eigenvalue weighted by atomic mass is 9.92. The molecule has 1 aliphatic heterocycles. The number of carboxylic acids is 1. The second kappa shape index (κ2) is 4.84. The predicted octanol–water partition coefficient (Wildman–Crippen LogP) is 0.627. The molecule has 0 aromatic heterocycles. The van der Waals surface area contributed by atoms with Crippen molar-refractivity contribution in [1.29, 1.82) is 0 Å². The van der Waals surface area contributed by atoms with Crippen LogP contribution in [0.5, 0.6) is 0 Å². The molecular weight excluding hydrogens is 258 g/mol. The van der Waals surface area contributed by atoms with E-state index in [1.165, 1.54) is 0 Å². The first kappa shape index (κ1) is 13.5. The molecule has 3 rings (SSSR count). The first-order valence-electron chi connectivity index (χ1n) is 6.93. The zero-order valence-corrected chi connectivity index (χ0v) is 11.3. The topological polar surface area (TPSA) is 81.0 Å². The lowest BCUT2D eigenvalue weighted by Gasteiger charge is -2.41. The van der Waals surface area contributed by atoms with Crippen molar-refractivity contribution < 1.29 is 20.1 Å². The van der Waals surface area contributed by atoms with E-state index in [1.54, 1.807) is 0 Å². The normalized spacial score (nSPS) is 38.0. The maximum atomic E-state index is 11.6. The minimum Gasteiger partial charge on any atom is -0.480 e. The molecule has 2 bridgehead atoms. The number of aliphatic hydroxyl groups excluding tert-OH is 2. The monoisotopic (exact) mass is 277 g/mol. The molecule has 3 N–H and O–H groups in total. The Kier molecular flexibility index (Phi) is 3.28. The second-order valence-electron chi connectivity index (χ2n) is 5.77. The predicted molar refractivity (Wildman–Crippen MR) is 72.0 cm³/mol. The van der Waals surface area contributed by atoms with Crippen LogP contribution in [-0.4, -0.2) is 50.5 Å². The zero-order valence-electron chi connectivity index (χ0n) is 11.3. The summed E-state index contributed by atoms with van der Waals surface area (Å²) >= 11 is 0. The molecule has 6 atom stereocenters. The fourth-order valence-corrected chi connectivity index (χ4v) is 3.82. The van der Waals surface area contributed by atoms with Crippen molar-refractivity contribution in [2.45, 2.75) is 43.7 Å². The first-order chi connectivity index (χ1) is 9.52. The molecule has 1 aromatic carbocycles. The number of carbonyl (C=O) groups is 1. The van der Waals surface area contributed by atoms with Gasteiger partial charge in [0.05, 0.1) is 12.2 Å². The number of hydrogen-bond acceptors (Lipinski definition) is 4. The van der Waals surface area contributed by atoms with E-state index < -0.39 is 30.1 Å². The van der Waals surface area contributed by atoms with E-state index in [0.29, 0.717) is 6.42 Å². The summed E-state index contributed by atoms with van der Waals surface area (Å²) in [7, 11) is 0. The Hall–Kier alpha value is -1.43. The van der Waals surface area contributed by atoms with Crippen LogP contribution in [-0.2, 0) is 4.79 Å². The molecule has 0 amide bonds. The lowest BCUT2D eigenvalue weighted by molar-refractivity contribution is -0.154. The number of hydrogen-bond donors (Lipinski definition) is 3. The summed E-state index contributed by atoms with van der Waals surface area (Å²) in [6.07, 6.45) is -1.25. The summed E-state index contributed by atoms with van der Waals surface area (Å²) in [6.45, 7) is 1.95. The molecule has 1 saturated carbocycles. The molecule has 20 heavy (non-hydrogen) atoms. The van der Waals surface area contributed by atoms with E-state index in [2.05, 4.69) is 0 Å². The first-order valence-corrected chi connectivity index (χ1v) is 6.93. The molecule has 1 aliphatic carbocycles. The van der Waals surface area contributed by atoms with Crippen LogP contribution in [0, 0.1) is 5.92 Å². The van der Waals surface area contributed by atoms with Gasteiger partial charge < -0.3 is 15.3 Å². The molecule has 1 unspecified atom stereocenters. The molecule has 1 heterocycles. The van der Waals surface area contributed by atoms with Crippen LogP contribution in [0.4, 0.5) is 0 Å². The van der Waals surface area contributed by atoms with E-state index >= 15 is 0 Å². The van der Waals surface area contributed by atoms with Gasteiger partial charge in [0.15, 0.2) is 0 Å². The van der Waals surface area contributed by atoms with Crippen molar-refractivity contribution in [3.63, 3.8) is 0 Å². The number of nitrogens with zero attached hydrogens (tertiary/aromatic N) is 1. The molecule has 5 heteroatoms. The fraction of sp³-hybridized carbons (Fsp3) is 0.533. The highest BCUT2D eigenvalue weighted by Crippen LogP contribution is 2.46. The number of rotatable bonds is 3. The van der Waals surface area contributed by atoms with Gasteiger partial charge in [-0.15, -0.1) is 0 Å². The number of likely N-dealkylation sites (tertiary alicyclic amines) is 1. The third kappa shape index (κ3) is 1.85. The van der Waals surface area contributed by atoms with Crippen LogP contribution in [0.2, 0.25) is 0 Å². The van der Waals surface area contributed by atoms with Gasteiger partial charge >= 0.3 is 5.97 Å². The van der Waals surface area contributed by atoms with E-state index in [9.17, 15) is 20.1 Å². The van der Waals surface area contributed by atoms with E-state index in [-0.39, 0.29) is 12.1 Å². The highest BCUT2D eigenvalue weighted by atomic mass is 16.4. The number of piperidine rings is 1. The summed E-state index contributed by atoms with van der Waals surface area (Å²) in [5.41, 5.74) is 1.02. The van der Waals surface area contributed by atoms with Gasteiger partial charge in [0.2, 0.25) is 0 Å². The average Bonchev–Trinajstić information content (AvgIpc) is 2.97. The Morgan fingerprint density at radius 3 is 2.50 bits per heavy atom. The number of fused-ring (bicyclic) bond motifs is 2. The average molecular weight is 277 g/mol. The van der Waals surface area contributed by atoms with Gasteiger partial charge in [-0.1, -0.05) is 30.3 Å². The highest BCUT2D eigenvalue weighted by molar-refractivity contribution is 5.75. The second-order valence-corrected chi connectivity index (χ2v) is 5.77. The van der Waals surface area contributed by atoms with Gasteiger partial charge in [0, 0.05) is 18.0 Å². The third-order valence-electron chi connectivity index (χ3n) is 4.79. The van der Waals surface area contributed by atoms with Crippen molar-refractivity contribution in [3.8, 4) is 0 Å². The number of aliphatic carboxylic acids is 1. The van der Waals surface area contributed by atoms with Gasteiger partial charge in [-0.2, -0.15) is 0 Å². The Morgan fingerprint density at radius 1 is 1.25 bits per heavy atom. The summed E-state index contributed by atoms with van der Waals surface area (Å²) in [6, 6.07) is 8.55. The maximum absolute atomic E-state index is 11.6. The van der Waals surface area contributed by atoms with Gasteiger partial charge in [-0.25, -0.2) is 0 Å². The molecule has 108 valence electrons. The van der Waals surface area contributed by atoms with Crippen molar-refractivity contribution >= 4 is 5.97 Å². The summed E-state index contributed by atoms with van der Waals surface area (Å²) < 4.78 is 0. The zero-order chi connectivity index (χ0) is 14.4. The maximum Gasteiger partial charge on any atom is 0.321 e. The quantitative estimate of drug-likeness (QED) is 0.755. The van der Waals surface area contributed by atoms with E-state index in [0.717, 1.165) is 5.56 Å². The number of carboxylic acid groups (broad SMARTS) is 1. The molecule has 0 spiro atoms. The smallest absolute Gasteiger partial charge is 0.321 e. The molecule has 0 radical (unpaired) electrons. The SMILES string of the molecule is CC(c1ccccc1)N1[C@H](C(=O)O)[C@@H]2C[C@H]1[C@H](O)[C@@H]2O. The molecule has 5 nitrogen and oxygen atoms in total. The van der Waals surface area contributed by atoms with Crippen LogP contribution in [0.15, 0.2) is 30.3 Å². The van der Waals surface area contributed by atoms with Crippen LogP contribution in [0.3, 0.4) is 0 Å². The van der Waals surface area contributed by atoms with Crippen molar-refractivity contribution in [1.82, 2.24) is 4.90 Å². The van der Waals surface area contributed by atoms with Crippen molar-refractivity contribution in [2.75, 3.05) is 0 Å². The van der Waals surface area contributed by atoms with Crippen LogP contribution >= 0.6 is 0 Å². The number of benzene rings is 1. The molecule has 2 fully saturated rings. The van der Waals surface area contributed by atoms with Crippen molar-refractivity contribution in [2.24, 2.45) is 5.92 Å². The minimum absolute atomic E-state index is 0.102. The van der Waals surface area contributed by atoms with Gasteiger partial charge in [0.1, 0.15) is 6.04 Å². The largest absolute Gasteiger partial charge is 0.480 e. The van der Waals surface area contributed by atoms with Crippen LogP contribution in [0.25, 0.3) is 0 Å². The lowest BCUT2D eigenvalue weighted by Crippen LogP contribution is -2.57. The Labute approximate surface area is 117 Å². The Balaban J connectivity index is 1.93. The van der Waals surface area contributed by atoms with Gasteiger partial charge in [-0.3, -0.25) is 9.69 Å². The van der Waals surface area contributed by atoms with Crippen LogP contribution < -0.4 is 0 Å². The molecule has 1 saturated heterocycles. The van der Waals surface area contributed by atoms with Gasteiger partial charge in [-0.05, 0) is 18.9 Å². The highest BCUT2D eigenvalue weighted by Gasteiger charge is 2.59. The van der Waals surface area contributed by atoms with Crippen LogP contribution in [0.1, 0.15) is 24.9 Å². The standard InChI is InChI=1S/C15H19NO4/c1-8(9-5-3-2-4-6-9)16-11-7-10(12(16)15(19)20)13(17)14(11)18/h2-6,8,10-14,17-18H,7H2,1H3,(H,19,20)/t8?,10-,11-,12-,13+,14-/m0/s1. The van der Waals surface area contributed by atoms with Gasteiger partial charge in [0.25, 0.3) is 0 Å². The third-order valence-corrected chi connectivity index (χ3v) is 4.79. The van der Waals surface area contributed by atoms with Crippen molar-refractivity contribution in [3.05, 3.63) is 35.9 Å². The summed E-state index contributed by atoms with van der Waals surface area (Å²) in [5.74, 6) is -1.31. The summed E-state index contributed by atoms with van der Waals surface area (Å²) in [5, 5.41) is 29.5. The molecular formula is C15H19NO4. The fourth-order valence-electron chi connectivity index (χ4n) is 3.82. The Bertz CT molecular complexity index is 506. The minimum atomic E-state index is -0.930. The summed E-state index contributed by atoms with van der Waals surface area (Å²) in [4.78, 5) is 13.4.